The Kier molecular flexibility index (Phi) is 4.47. The van der Waals surface area contributed by atoms with Gasteiger partial charge in [-0.15, -0.1) is 0 Å². The molecule has 0 unspecified atom stereocenters. The average Bonchev–Trinajstić information content (AvgIpc) is 3.54. The van der Waals surface area contributed by atoms with E-state index in [2.05, 4.69) is 40.0 Å². The van der Waals surface area contributed by atoms with E-state index in [0.717, 1.165) is 43.6 Å². The summed E-state index contributed by atoms with van der Waals surface area (Å²) in [6.45, 7) is 4.59. The third kappa shape index (κ3) is 2.85. The molecular formula is C26H27FN4O. The Morgan fingerprint density at radius 3 is 2.78 bits per heavy atom. The first-order chi connectivity index (χ1) is 15.6. The maximum absolute atomic E-state index is 13.8. The van der Waals surface area contributed by atoms with Gasteiger partial charge >= 0.3 is 0 Å². The number of carbonyl (C=O) groups excluding carboxylic acids is 1. The fourth-order valence-corrected chi connectivity index (χ4v) is 6.27. The second-order valence-electron chi connectivity index (χ2n) is 9.48. The molecule has 1 amide bonds. The van der Waals surface area contributed by atoms with Crippen LogP contribution in [0.3, 0.4) is 0 Å². The Bertz CT molecular complexity index is 1170. The summed E-state index contributed by atoms with van der Waals surface area (Å²) in [7, 11) is 0. The van der Waals surface area contributed by atoms with E-state index in [-0.39, 0.29) is 17.4 Å². The van der Waals surface area contributed by atoms with Gasteiger partial charge in [0.15, 0.2) is 0 Å². The van der Waals surface area contributed by atoms with Gasteiger partial charge in [-0.05, 0) is 68.1 Å². The van der Waals surface area contributed by atoms with Gasteiger partial charge in [0.1, 0.15) is 11.4 Å². The van der Waals surface area contributed by atoms with Crippen molar-refractivity contribution < 1.29 is 9.18 Å². The molecule has 3 fully saturated rings. The summed E-state index contributed by atoms with van der Waals surface area (Å²) in [5.41, 5.74) is 4.10. The lowest BCUT2D eigenvalue weighted by Gasteiger charge is -2.33. The van der Waals surface area contributed by atoms with Gasteiger partial charge in [-0.25, -0.2) is 9.07 Å². The van der Waals surface area contributed by atoms with E-state index >= 15 is 0 Å². The number of rotatable bonds is 4. The molecule has 3 atom stereocenters. The van der Waals surface area contributed by atoms with Gasteiger partial charge < -0.3 is 4.90 Å². The topological polar surface area (TPSA) is 41.4 Å². The minimum atomic E-state index is -0.356. The molecule has 0 aliphatic carbocycles. The molecule has 1 aromatic heterocycles. The van der Waals surface area contributed by atoms with E-state index in [1.807, 2.05) is 18.5 Å². The number of likely N-dealkylation sites (tertiary alicyclic amines) is 1. The summed E-state index contributed by atoms with van der Waals surface area (Å²) in [6.07, 6.45) is 6.94. The second-order valence-corrected chi connectivity index (χ2v) is 9.48. The van der Waals surface area contributed by atoms with Crippen LogP contribution in [0.5, 0.6) is 0 Å². The minimum Gasteiger partial charge on any atom is -0.336 e. The maximum atomic E-state index is 13.8. The first-order valence-corrected chi connectivity index (χ1v) is 11.5. The number of carbonyl (C=O) groups is 1. The molecule has 0 radical (unpaired) electrons. The molecule has 0 bridgehead atoms. The normalized spacial score (nSPS) is 27.2. The molecule has 3 aromatic rings. The van der Waals surface area contributed by atoms with Gasteiger partial charge in [0, 0.05) is 36.8 Å². The van der Waals surface area contributed by atoms with Crippen LogP contribution in [0, 0.1) is 18.7 Å². The fraction of sp³-hybridized carbons (Fsp3) is 0.385. The zero-order valence-corrected chi connectivity index (χ0v) is 18.2. The maximum Gasteiger partial charge on any atom is 0.243 e. The molecule has 32 heavy (non-hydrogen) atoms. The van der Waals surface area contributed by atoms with Gasteiger partial charge in [0.25, 0.3) is 0 Å². The lowest BCUT2D eigenvalue weighted by molar-refractivity contribution is -0.137. The second kappa shape index (κ2) is 7.27. The summed E-state index contributed by atoms with van der Waals surface area (Å²) >= 11 is 0. The number of halogens is 1. The number of nitrogens with zero attached hydrogens (tertiary/aromatic N) is 4. The molecule has 6 heteroatoms. The van der Waals surface area contributed by atoms with Gasteiger partial charge in [-0.1, -0.05) is 24.3 Å². The van der Waals surface area contributed by atoms with Crippen LogP contribution in [0.4, 0.5) is 4.39 Å². The molecule has 1 spiro atoms. The van der Waals surface area contributed by atoms with E-state index in [9.17, 15) is 9.18 Å². The van der Waals surface area contributed by atoms with Crippen molar-refractivity contribution in [1.29, 1.82) is 0 Å². The Morgan fingerprint density at radius 2 is 1.97 bits per heavy atom. The van der Waals surface area contributed by atoms with Crippen LogP contribution in [0.2, 0.25) is 0 Å². The van der Waals surface area contributed by atoms with Crippen LogP contribution >= 0.6 is 0 Å². The minimum absolute atomic E-state index is 0.209. The Morgan fingerprint density at radius 1 is 1.16 bits per heavy atom. The molecule has 0 saturated carbocycles. The predicted molar refractivity (Wildman–Crippen MR) is 120 cm³/mol. The van der Waals surface area contributed by atoms with E-state index in [0.29, 0.717) is 18.4 Å². The van der Waals surface area contributed by atoms with Crippen molar-refractivity contribution in [3.63, 3.8) is 0 Å². The zero-order chi connectivity index (χ0) is 21.9. The lowest BCUT2D eigenvalue weighted by Crippen LogP contribution is -2.49. The fourth-order valence-electron chi connectivity index (χ4n) is 6.27. The van der Waals surface area contributed by atoms with Crippen molar-refractivity contribution in [3.05, 3.63) is 83.4 Å². The highest BCUT2D eigenvalue weighted by molar-refractivity contribution is 5.90. The monoisotopic (exact) mass is 430 g/mol. The highest BCUT2D eigenvalue weighted by Crippen LogP contribution is 2.56. The van der Waals surface area contributed by atoms with Crippen LogP contribution in [-0.2, 0) is 11.3 Å². The highest BCUT2D eigenvalue weighted by Gasteiger charge is 2.65. The van der Waals surface area contributed by atoms with Crippen molar-refractivity contribution in [2.75, 3.05) is 13.1 Å². The Balaban J connectivity index is 1.26. The van der Waals surface area contributed by atoms with Crippen LogP contribution in [0.1, 0.15) is 42.0 Å². The number of hydrogen-bond acceptors (Lipinski definition) is 3. The molecule has 164 valence electrons. The molecule has 2 aromatic carbocycles. The number of aromatic nitrogens is 2. The van der Waals surface area contributed by atoms with E-state index < -0.39 is 0 Å². The van der Waals surface area contributed by atoms with Crippen molar-refractivity contribution >= 4 is 5.91 Å². The van der Waals surface area contributed by atoms with Crippen LogP contribution in [0.15, 0.2) is 60.9 Å². The summed E-state index contributed by atoms with van der Waals surface area (Å²) in [5.74, 6) is 0.398. The molecule has 0 N–H and O–H groups in total. The quantitative estimate of drug-likeness (QED) is 0.621. The summed E-state index contributed by atoms with van der Waals surface area (Å²) < 4.78 is 15.1. The van der Waals surface area contributed by atoms with Gasteiger partial charge in [-0.2, -0.15) is 5.10 Å². The molecule has 6 rings (SSSR count). The van der Waals surface area contributed by atoms with E-state index in [4.69, 9.17) is 0 Å². The van der Waals surface area contributed by atoms with Crippen molar-refractivity contribution in [2.45, 2.75) is 44.3 Å². The Labute approximate surface area is 187 Å². The first-order valence-electron chi connectivity index (χ1n) is 11.5. The third-order valence-corrected chi connectivity index (χ3v) is 7.83. The van der Waals surface area contributed by atoms with Crippen molar-refractivity contribution in [1.82, 2.24) is 19.6 Å². The molecule has 5 nitrogen and oxygen atoms in total. The lowest BCUT2D eigenvalue weighted by atomic mass is 9.85. The van der Waals surface area contributed by atoms with Crippen LogP contribution in [0.25, 0.3) is 5.69 Å². The third-order valence-electron chi connectivity index (χ3n) is 7.83. The average molecular weight is 431 g/mol. The van der Waals surface area contributed by atoms with E-state index in [1.54, 1.807) is 16.8 Å². The van der Waals surface area contributed by atoms with Crippen LogP contribution in [-0.4, -0.2) is 44.1 Å². The summed E-state index contributed by atoms with van der Waals surface area (Å²) in [5, 5.41) is 4.54. The predicted octanol–water partition coefficient (Wildman–Crippen LogP) is 4.26. The van der Waals surface area contributed by atoms with Crippen molar-refractivity contribution in [2.24, 2.45) is 5.92 Å². The van der Waals surface area contributed by atoms with Gasteiger partial charge in [0.2, 0.25) is 5.91 Å². The summed E-state index contributed by atoms with van der Waals surface area (Å²) in [4.78, 5) is 18.3. The number of amides is 1. The Hall–Kier alpha value is -2.99. The number of aryl methyl sites for hydroxylation is 1. The highest BCUT2D eigenvalue weighted by atomic mass is 19.1. The standard InChI is InChI=1S/C26H27FN4O/c1-18-5-2-3-6-19(18)15-29-17-21-13-24(30-12-4-11-26(21,30)25(29)32)20-14-28-31(16-20)23-9-7-22(27)8-10-23/h2-3,5-10,14,16,21,24H,4,11-13,15,17H2,1H3/t21-,24-,26-/m0/s1. The van der Waals surface area contributed by atoms with E-state index in [1.165, 1.54) is 23.3 Å². The van der Waals surface area contributed by atoms with Gasteiger partial charge in [-0.3, -0.25) is 9.69 Å². The SMILES string of the molecule is Cc1ccccc1CN1C[C@@H]2C[C@@H](c3cnn(-c4ccc(F)cc4)c3)N3CCC[C@@]23C1=O. The molecular weight excluding hydrogens is 403 g/mol. The van der Waals surface area contributed by atoms with Crippen LogP contribution < -0.4 is 0 Å². The smallest absolute Gasteiger partial charge is 0.243 e. The number of benzene rings is 2. The first kappa shape index (κ1) is 19.7. The molecule has 3 aliphatic heterocycles. The van der Waals surface area contributed by atoms with Crippen molar-refractivity contribution in [3.8, 4) is 5.69 Å². The molecule has 3 aliphatic rings. The molecule has 3 saturated heterocycles. The largest absolute Gasteiger partial charge is 0.336 e. The van der Waals surface area contributed by atoms with Gasteiger partial charge in [0.05, 0.1) is 11.9 Å². The molecule has 4 heterocycles. The zero-order valence-electron chi connectivity index (χ0n) is 18.2. The number of hydrogen-bond donors (Lipinski definition) is 0. The summed E-state index contributed by atoms with van der Waals surface area (Å²) in [6, 6.07) is 14.9.